The average Bonchev–Trinajstić information content (AvgIpc) is 3.29. The van der Waals surface area contributed by atoms with Crippen LogP contribution in [0.3, 0.4) is 0 Å². The van der Waals surface area contributed by atoms with Crippen LogP contribution < -0.4 is 10.4 Å². The highest BCUT2D eigenvalue weighted by Crippen LogP contribution is 2.40. The molecular formula is C22H20Cl2N2OS. The number of hydrogen-bond donors (Lipinski definition) is 2. The molecule has 0 spiro atoms. The summed E-state index contributed by atoms with van der Waals surface area (Å²) >= 11 is 14.2. The van der Waals surface area contributed by atoms with Crippen molar-refractivity contribution in [3.05, 3.63) is 81.7 Å². The number of nitrogens with zero attached hydrogens (tertiary/aromatic N) is 1. The molecule has 0 bridgehead atoms. The van der Waals surface area contributed by atoms with Gasteiger partial charge in [-0.1, -0.05) is 47.5 Å². The van der Waals surface area contributed by atoms with E-state index >= 15 is 0 Å². The van der Waals surface area contributed by atoms with E-state index in [1.165, 1.54) is 0 Å². The molecule has 2 heterocycles. The average molecular weight is 431 g/mol. The lowest BCUT2D eigenvalue weighted by atomic mass is 9.99. The Balaban J connectivity index is 1.74. The minimum Gasteiger partial charge on any atom is -0.388 e. The molecule has 0 saturated heterocycles. The maximum atomic E-state index is 10.5. The molecule has 2 N–H and O–H groups in total. The highest BCUT2D eigenvalue weighted by molar-refractivity contribution is 7.16. The topological polar surface area (TPSA) is 35.5 Å². The normalized spacial score (nSPS) is 17.1. The van der Waals surface area contributed by atoms with Crippen LogP contribution in [0, 0.1) is 0 Å². The van der Waals surface area contributed by atoms with Crippen LogP contribution in [-0.4, -0.2) is 16.7 Å². The van der Waals surface area contributed by atoms with Gasteiger partial charge in [0, 0.05) is 9.90 Å². The van der Waals surface area contributed by atoms with Gasteiger partial charge in [0.15, 0.2) is 0 Å². The fourth-order valence-electron chi connectivity index (χ4n) is 3.11. The summed E-state index contributed by atoms with van der Waals surface area (Å²) in [5, 5.41) is 13.9. The quantitative estimate of drug-likeness (QED) is 0.514. The third-order valence-electron chi connectivity index (χ3n) is 4.68. The van der Waals surface area contributed by atoms with Crippen LogP contribution in [0.15, 0.2) is 66.7 Å². The van der Waals surface area contributed by atoms with Crippen molar-refractivity contribution in [3.63, 3.8) is 0 Å². The van der Waals surface area contributed by atoms with E-state index in [1.54, 1.807) is 25.2 Å². The summed E-state index contributed by atoms with van der Waals surface area (Å²) in [4.78, 5) is 2.24. The molecule has 0 aliphatic carbocycles. The number of thiophene rings is 1. The van der Waals surface area contributed by atoms with Gasteiger partial charge in [-0.25, -0.2) is 5.43 Å². The highest BCUT2D eigenvalue weighted by atomic mass is 35.5. The van der Waals surface area contributed by atoms with Gasteiger partial charge in [0.25, 0.3) is 0 Å². The van der Waals surface area contributed by atoms with Crippen molar-refractivity contribution in [2.24, 2.45) is 0 Å². The van der Waals surface area contributed by atoms with Crippen molar-refractivity contribution in [3.8, 4) is 10.4 Å². The Hall–Kier alpha value is -1.82. The summed E-state index contributed by atoms with van der Waals surface area (Å²) in [6.45, 7) is 3.59. The first kappa shape index (κ1) is 19.5. The lowest BCUT2D eigenvalue weighted by molar-refractivity contribution is 0.0573. The van der Waals surface area contributed by atoms with E-state index in [9.17, 15) is 5.11 Å². The second-order valence-electron chi connectivity index (χ2n) is 7.27. The Bertz CT molecular complexity index is 1020. The maximum Gasteiger partial charge on any atom is 0.0798 e. The Kier molecular flexibility index (Phi) is 5.25. The molecule has 1 aliphatic heterocycles. The molecule has 4 rings (SSSR count). The first-order valence-electron chi connectivity index (χ1n) is 8.94. The number of nitrogens with one attached hydrogen (secondary N) is 1. The molecule has 1 aromatic heterocycles. The van der Waals surface area contributed by atoms with E-state index in [0.29, 0.717) is 5.02 Å². The SMILES string of the molecule is CC(C)(O)C1C=C(c2ccc(-c3ccc(Cl)cc3)s2)N(c2ccccc2Cl)N1. The molecule has 2 aromatic carbocycles. The molecule has 1 unspecified atom stereocenters. The fraction of sp³-hybridized carbons (Fsp3) is 0.182. The number of aliphatic hydroxyl groups is 1. The maximum absolute atomic E-state index is 10.5. The van der Waals surface area contributed by atoms with Gasteiger partial charge in [-0.2, -0.15) is 0 Å². The Labute approximate surface area is 178 Å². The standard InChI is InChI=1S/C22H20Cl2N2OS/c1-22(2,27)21-13-18(26(25-21)17-6-4-3-5-16(17)24)20-12-11-19(28-20)14-7-9-15(23)10-8-14/h3-13,21,25,27H,1-2H3. The largest absolute Gasteiger partial charge is 0.388 e. The third-order valence-corrected chi connectivity index (χ3v) is 6.40. The molecule has 3 nitrogen and oxygen atoms in total. The van der Waals surface area contributed by atoms with Gasteiger partial charge >= 0.3 is 0 Å². The zero-order valence-corrected chi connectivity index (χ0v) is 17.8. The van der Waals surface area contributed by atoms with Crippen molar-refractivity contribution in [1.29, 1.82) is 0 Å². The number of hydrazine groups is 1. The molecule has 0 amide bonds. The number of benzene rings is 2. The molecule has 3 aromatic rings. The van der Waals surface area contributed by atoms with Gasteiger partial charge in [-0.15, -0.1) is 11.3 Å². The van der Waals surface area contributed by atoms with E-state index in [1.807, 2.05) is 53.5 Å². The number of anilines is 1. The molecule has 144 valence electrons. The molecule has 0 saturated carbocycles. The molecule has 28 heavy (non-hydrogen) atoms. The van der Waals surface area contributed by atoms with Crippen LogP contribution >= 0.6 is 34.5 Å². The minimum atomic E-state index is -0.919. The second kappa shape index (κ2) is 7.54. The van der Waals surface area contributed by atoms with E-state index in [4.69, 9.17) is 23.2 Å². The zero-order valence-electron chi connectivity index (χ0n) is 15.5. The van der Waals surface area contributed by atoms with Gasteiger partial charge in [0.2, 0.25) is 0 Å². The lowest BCUT2D eigenvalue weighted by Gasteiger charge is -2.29. The van der Waals surface area contributed by atoms with E-state index in [2.05, 4.69) is 23.6 Å². The third kappa shape index (κ3) is 3.84. The molecule has 0 fully saturated rings. The Morgan fingerprint density at radius 2 is 1.64 bits per heavy atom. The summed E-state index contributed by atoms with van der Waals surface area (Å²) in [7, 11) is 0. The second-order valence-corrected chi connectivity index (χ2v) is 9.20. The summed E-state index contributed by atoms with van der Waals surface area (Å²) in [5.41, 5.74) is 5.42. The first-order chi connectivity index (χ1) is 13.3. The number of hydrogen-bond acceptors (Lipinski definition) is 4. The van der Waals surface area contributed by atoms with Crippen LogP contribution in [-0.2, 0) is 0 Å². The smallest absolute Gasteiger partial charge is 0.0798 e. The summed E-state index contributed by atoms with van der Waals surface area (Å²) in [6.07, 6.45) is 2.06. The summed E-state index contributed by atoms with van der Waals surface area (Å²) in [5.74, 6) is 0. The summed E-state index contributed by atoms with van der Waals surface area (Å²) < 4.78 is 0. The van der Waals surface area contributed by atoms with Crippen molar-refractivity contribution in [2.75, 3.05) is 5.01 Å². The Morgan fingerprint density at radius 1 is 0.964 bits per heavy atom. The molecule has 1 atom stereocenters. The van der Waals surface area contributed by atoms with Gasteiger partial charge in [0.1, 0.15) is 0 Å². The number of halogens is 2. The van der Waals surface area contributed by atoms with E-state index < -0.39 is 5.60 Å². The van der Waals surface area contributed by atoms with E-state index in [0.717, 1.165) is 31.7 Å². The molecule has 6 heteroatoms. The van der Waals surface area contributed by atoms with Gasteiger partial charge in [0.05, 0.1) is 32.9 Å². The monoisotopic (exact) mass is 430 g/mol. The highest BCUT2D eigenvalue weighted by Gasteiger charge is 2.35. The first-order valence-corrected chi connectivity index (χ1v) is 10.5. The predicted octanol–water partition coefficient (Wildman–Crippen LogP) is 6.23. The Morgan fingerprint density at radius 3 is 2.32 bits per heavy atom. The predicted molar refractivity (Wildman–Crippen MR) is 120 cm³/mol. The van der Waals surface area contributed by atoms with Crippen molar-refractivity contribution < 1.29 is 5.11 Å². The van der Waals surface area contributed by atoms with Crippen LogP contribution in [0.1, 0.15) is 18.7 Å². The van der Waals surface area contributed by atoms with E-state index in [-0.39, 0.29) is 6.04 Å². The van der Waals surface area contributed by atoms with Gasteiger partial charge in [-0.3, -0.25) is 5.01 Å². The zero-order chi connectivity index (χ0) is 19.9. The molecule has 1 aliphatic rings. The van der Waals surface area contributed by atoms with Crippen LogP contribution in [0.5, 0.6) is 0 Å². The molecule has 0 radical (unpaired) electrons. The van der Waals surface area contributed by atoms with Crippen molar-refractivity contribution in [1.82, 2.24) is 5.43 Å². The molecular weight excluding hydrogens is 411 g/mol. The number of rotatable bonds is 4. The van der Waals surface area contributed by atoms with Gasteiger partial charge in [-0.05, 0) is 61.9 Å². The summed E-state index contributed by atoms with van der Waals surface area (Å²) in [6, 6.07) is 19.5. The van der Waals surface area contributed by atoms with Crippen LogP contribution in [0.25, 0.3) is 16.1 Å². The van der Waals surface area contributed by atoms with Crippen molar-refractivity contribution in [2.45, 2.75) is 25.5 Å². The lowest BCUT2D eigenvalue weighted by Crippen LogP contribution is -2.48. The van der Waals surface area contributed by atoms with Crippen LogP contribution in [0.2, 0.25) is 10.0 Å². The minimum absolute atomic E-state index is 0.236. The number of para-hydroxylation sites is 1. The van der Waals surface area contributed by atoms with Crippen molar-refractivity contribution >= 4 is 45.9 Å². The fourth-order valence-corrected chi connectivity index (χ4v) is 4.48. The van der Waals surface area contributed by atoms with Crippen LogP contribution in [0.4, 0.5) is 5.69 Å². The van der Waals surface area contributed by atoms with Gasteiger partial charge < -0.3 is 5.11 Å².